The molecule has 2 unspecified atom stereocenters. The summed E-state index contributed by atoms with van der Waals surface area (Å²) < 4.78 is 18.6. The molecule has 0 saturated carbocycles. The van der Waals surface area contributed by atoms with E-state index in [4.69, 9.17) is 4.74 Å². The van der Waals surface area contributed by atoms with Gasteiger partial charge in [-0.15, -0.1) is 12.4 Å². The third-order valence-corrected chi connectivity index (χ3v) is 3.41. The normalized spacial score (nSPS) is 21.2. The molecule has 6 heteroatoms. The predicted molar refractivity (Wildman–Crippen MR) is 82.4 cm³/mol. The summed E-state index contributed by atoms with van der Waals surface area (Å²) in [6.45, 7) is 3.23. The summed E-state index contributed by atoms with van der Waals surface area (Å²) >= 11 is 0. The maximum absolute atomic E-state index is 13.3. The largest absolute Gasteiger partial charge is 0.490 e. The molecule has 1 aromatic rings. The summed E-state index contributed by atoms with van der Waals surface area (Å²) in [4.78, 5) is 11.8. The van der Waals surface area contributed by atoms with Crippen molar-refractivity contribution in [1.82, 2.24) is 10.6 Å². The summed E-state index contributed by atoms with van der Waals surface area (Å²) in [5.41, 5.74) is 0. The first-order valence-electron chi connectivity index (χ1n) is 7.05. The Morgan fingerprint density at radius 3 is 2.95 bits per heavy atom. The molecule has 1 aliphatic rings. The number of ether oxygens (including phenoxy) is 1. The van der Waals surface area contributed by atoms with E-state index in [9.17, 15) is 9.18 Å². The molecule has 0 spiro atoms. The van der Waals surface area contributed by atoms with Crippen molar-refractivity contribution in [1.29, 1.82) is 0 Å². The highest BCUT2D eigenvalue weighted by molar-refractivity contribution is 5.85. The lowest BCUT2D eigenvalue weighted by Gasteiger charge is -2.28. The first kappa shape index (κ1) is 17.7. The molecule has 2 atom stereocenters. The van der Waals surface area contributed by atoms with Gasteiger partial charge in [0.15, 0.2) is 11.6 Å². The summed E-state index contributed by atoms with van der Waals surface area (Å²) in [5, 5.41) is 6.34. The lowest BCUT2D eigenvalue weighted by atomic mass is 10.0. The molecule has 1 aromatic carbocycles. The highest BCUT2D eigenvalue weighted by Gasteiger charge is 2.19. The molecule has 1 aliphatic heterocycles. The molecule has 1 heterocycles. The van der Waals surface area contributed by atoms with E-state index >= 15 is 0 Å². The van der Waals surface area contributed by atoms with Gasteiger partial charge in [0.25, 0.3) is 0 Å². The third-order valence-electron chi connectivity index (χ3n) is 3.41. The summed E-state index contributed by atoms with van der Waals surface area (Å²) in [6.07, 6.45) is 2.14. The van der Waals surface area contributed by atoms with Crippen LogP contribution < -0.4 is 15.4 Å². The van der Waals surface area contributed by atoms with E-state index in [0.717, 1.165) is 19.4 Å². The number of halogens is 2. The van der Waals surface area contributed by atoms with Gasteiger partial charge in [-0.3, -0.25) is 4.79 Å². The zero-order valence-corrected chi connectivity index (χ0v) is 12.9. The summed E-state index contributed by atoms with van der Waals surface area (Å²) in [5.74, 6) is -0.253. The van der Waals surface area contributed by atoms with Crippen LogP contribution in [0.1, 0.15) is 26.2 Å². The topological polar surface area (TPSA) is 50.4 Å². The van der Waals surface area contributed by atoms with Gasteiger partial charge in [-0.25, -0.2) is 4.39 Å². The average Bonchev–Trinajstić information content (AvgIpc) is 2.41. The molecule has 21 heavy (non-hydrogen) atoms. The number of carbonyl (C=O) groups is 1. The van der Waals surface area contributed by atoms with Gasteiger partial charge in [-0.2, -0.15) is 0 Å². The lowest BCUT2D eigenvalue weighted by molar-refractivity contribution is -0.122. The van der Waals surface area contributed by atoms with E-state index in [-0.39, 0.29) is 43.1 Å². The van der Waals surface area contributed by atoms with E-state index in [1.807, 2.05) is 0 Å². The zero-order chi connectivity index (χ0) is 14.4. The first-order chi connectivity index (χ1) is 9.65. The van der Waals surface area contributed by atoms with Crippen LogP contribution in [-0.2, 0) is 4.79 Å². The SMILES string of the molecule is CC1CC(NC(=O)CCOc2ccccc2F)CCN1.Cl. The number of piperidine rings is 1. The van der Waals surface area contributed by atoms with Gasteiger partial charge in [-0.05, 0) is 38.4 Å². The number of hydrogen-bond acceptors (Lipinski definition) is 3. The Morgan fingerprint density at radius 2 is 2.24 bits per heavy atom. The highest BCUT2D eigenvalue weighted by atomic mass is 35.5. The second-order valence-electron chi connectivity index (χ2n) is 5.17. The van der Waals surface area contributed by atoms with Crippen molar-refractivity contribution in [2.45, 2.75) is 38.3 Å². The Morgan fingerprint density at radius 1 is 1.48 bits per heavy atom. The van der Waals surface area contributed by atoms with Gasteiger partial charge in [0.2, 0.25) is 5.91 Å². The van der Waals surface area contributed by atoms with Gasteiger partial charge in [0, 0.05) is 12.1 Å². The van der Waals surface area contributed by atoms with Crippen molar-refractivity contribution < 1.29 is 13.9 Å². The average molecular weight is 317 g/mol. The third kappa shape index (κ3) is 5.89. The van der Waals surface area contributed by atoms with Crippen molar-refractivity contribution in [3.63, 3.8) is 0 Å². The predicted octanol–water partition coefficient (Wildman–Crippen LogP) is 2.27. The monoisotopic (exact) mass is 316 g/mol. The van der Waals surface area contributed by atoms with E-state index in [1.54, 1.807) is 18.2 Å². The molecule has 1 fully saturated rings. The molecular weight excluding hydrogens is 295 g/mol. The van der Waals surface area contributed by atoms with Crippen LogP contribution in [0.25, 0.3) is 0 Å². The van der Waals surface area contributed by atoms with Crippen molar-refractivity contribution in [2.75, 3.05) is 13.2 Å². The van der Waals surface area contributed by atoms with Crippen LogP contribution in [0.15, 0.2) is 24.3 Å². The number of rotatable bonds is 5. The van der Waals surface area contributed by atoms with Gasteiger partial charge < -0.3 is 15.4 Å². The van der Waals surface area contributed by atoms with E-state index in [2.05, 4.69) is 17.6 Å². The standard InChI is InChI=1S/C15H21FN2O2.ClH/c1-11-10-12(6-8-17-11)18-15(19)7-9-20-14-5-3-2-4-13(14)16;/h2-5,11-12,17H,6-10H2,1H3,(H,18,19);1H. The van der Waals surface area contributed by atoms with E-state index in [1.165, 1.54) is 6.07 Å². The molecule has 1 amide bonds. The minimum atomic E-state index is -0.403. The van der Waals surface area contributed by atoms with Crippen molar-refractivity contribution >= 4 is 18.3 Å². The Labute approximate surface area is 130 Å². The van der Waals surface area contributed by atoms with Crippen molar-refractivity contribution in [3.8, 4) is 5.75 Å². The molecule has 0 bridgehead atoms. The number of amides is 1. The Bertz CT molecular complexity index is 459. The van der Waals surface area contributed by atoms with Crippen molar-refractivity contribution in [2.24, 2.45) is 0 Å². The zero-order valence-electron chi connectivity index (χ0n) is 12.1. The molecule has 4 nitrogen and oxygen atoms in total. The van der Waals surface area contributed by atoms with Crippen LogP contribution in [0.2, 0.25) is 0 Å². The fraction of sp³-hybridized carbons (Fsp3) is 0.533. The molecule has 2 rings (SSSR count). The molecule has 118 valence electrons. The van der Waals surface area contributed by atoms with Crippen LogP contribution in [0.4, 0.5) is 4.39 Å². The van der Waals surface area contributed by atoms with Crippen LogP contribution in [0.5, 0.6) is 5.75 Å². The van der Waals surface area contributed by atoms with Crippen LogP contribution in [0, 0.1) is 5.82 Å². The molecule has 0 aromatic heterocycles. The molecular formula is C15H22ClFN2O2. The van der Waals surface area contributed by atoms with Crippen LogP contribution in [0.3, 0.4) is 0 Å². The lowest BCUT2D eigenvalue weighted by Crippen LogP contribution is -2.46. The fourth-order valence-corrected chi connectivity index (χ4v) is 2.38. The summed E-state index contributed by atoms with van der Waals surface area (Å²) in [6, 6.07) is 6.87. The number of carbonyl (C=O) groups excluding carboxylic acids is 1. The highest BCUT2D eigenvalue weighted by Crippen LogP contribution is 2.15. The smallest absolute Gasteiger partial charge is 0.223 e. The maximum Gasteiger partial charge on any atom is 0.223 e. The Balaban J connectivity index is 0.00000220. The van der Waals surface area contributed by atoms with Gasteiger partial charge >= 0.3 is 0 Å². The summed E-state index contributed by atoms with van der Waals surface area (Å²) in [7, 11) is 0. The molecule has 2 N–H and O–H groups in total. The fourth-order valence-electron chi connectivity index (χ4n) is 2.38. The maximum atomic E-state index is 13.3. The minimum Gasteiger partial charge on any atom is -0.490 e. The second-order valence-corrected chi connectivity index (χ2v) is 5.17. The van der Waals surface area contributed by atoms with E-state index in [0.29, 0.717) is 6.04 Å². The minimum absolute atomic E-state index is 0. The van der Waals surface area contributed by atoms with E-state index < -0.39 is 5.82 Å². The number of hydrogen-bond donors (Lipinski definition) is 2. The molecule has 0 aliphatic carbocycles. The first-order valence-corrected chi connectivity index (χ1v) is 7.05. The van der Waals surface area contributed by atoms with Gasteiger partial charge in [0.05, 0.1) is 13.0 Å². The van der Waals surface area contributed by atoms with Crippen molar-refractivity contribution in [3.05, 3.63) is 30.1 Å². The number of para-hydroxylation sites is 1. The van der Waals surface area contributed by atoms with Gasteiger partial charge in [0.1, 0.15) is 0 Å². The second kappa shape index (κ2) is 8.85. The van der Waals surface area contributed by atoms with Crippen LogP contribution >= 0.6 is 12.4 Å². The number of nitrogens with one attached hydrogen (secondary N) is 2. The van der Waals surface area contributed by atoms with Crippen LogP contribution in [-0.4, -0.2) is 31.1 Å². The Hall–Kier alpha value is -1.33. The Kier molecular flexibility index (Phi) is 7.47. The molecule has 0 radical (unpaired) electrons. The van der Waals surface area contributed by atoms with Gasteiger partial charge in [-0.1, -0.05) is 12.1 Å². The molecule has 1 saturated heterocycles. The number of benzene rings is 1. The quantitative estimate of drug-likeness (QED) is 0.876.